The summed E-state index contributed by atoms with van der Waals surface area (Å²) in [6.45, 7) is 2.32. The Morgan fingerprint density at radius 2 is 1.57 bits per heavy atom. The predicted octanol–water partition coefficient (Wildman–Crippen LogP) is 5.69. The van der Waals surface area contributed by atoms with Gasteiger partial charge in [0.25, 0.3) is 0 Å². The highest BCUT2D eigenvalue weighted by atomic mass is 19.1. The quantitative estimate of drug-likeness (QED) is 0.646. The fourth-order valence-electron chi connectivity index (χ4n) is 3.70. The van der Waals surface area contributed by atoms with Gasteiger partial charge < -0.3 is 0 Å². The largest absolute Gasteiger partial charge is 0.228 e. The first-order chi connectivity index (χ1) is 11.2. The Labute approximate surface area is 139 Å². The summed E-state index contributed by atoms with van der Waals surface area (Å²) >= 11 is 0. The van der Waals surface area contributed by atoms with Crippen LogP contribution in [0.2, 0.25) is 0 Å². The highest BCUT2D eigenvalue weighted by molar-refractivity contribution is 5.26. The molecule has 0 aliphatic heterocycles. The minimum atomic E-state index is -0.407. The molecule has 23 heavy (non-hydrogen) atoms. The van der Waals surface area contributed by atoms with Gasteiger partial charge in [0.05, 0.1) is 0 Å². The number of halogens is 1. The Kier molecular flexibility index (Phi) is 5.43. The van der Waals surface area contributed by atoms with Crippen molar-refractivity contribution in [3.8, 4) is 0 Å². The number of aryl methyl sites for hydroxylation is 2. The summed E-state index contributed by atoms with van der Waals surface area (Å²) in [4.78, 5) is 3.71. The minimum Gasteiger partial charge on any atom is -0.228 e. The van der Waals surface area contributed by atoms with E-state index in [1.807, 2.05) is 6.07 Å². The molecule has 0 saturated heterocycles. The molecule has 122 valence electrons. The smallest absolute Gasteiger partial charge is 0.212 e. The maximum atomic E-state index is 12.8. The molecule has 1 aromatic carbocycles. The molecule has 0 amide bonds. The summed E-state index contributed by atoms with van der Waals surface area (Å²) in [5.41, 5.74) is 3.94. The molecular weight excluding hydrogens is 285 g/mol. The lowest BCUT2D eigenvalue weighted by molar-refractivity contribution is 0.319. The van der Waals surface area contributed by atoms with Crippen molar-refractivity contribution in [3.63, 3.8) is 0 Å². The summed E-state index contributed by atoms with van der Waals surface area (Å²) in [7, 11) is 0. The maximum Gasteiger partial charge on any atom is 0.212 e. The molecule has 1 aliphatic rings. The first-order valence-electron chi connectivity index (χ1n) is 8.94. The average molecular weight is 311 g/mol. The number of hydrogen-bond donors (Lipinski definition) is 0. The molecule has 0 radical (unpaired) electrons. The van der Waals surface area contributed by atoms with Crippen molar-refractivity contribution < 1.29 is 4.39 Å². The van der Waals surface area contributed by atoms with Gasteiger partial charge >= 0.3 is 0 Å². The van der Waals surface area contributed by atoms with Gasteiger partial charge in [-0.1, -0.05) is 43.7 Å². The van der Waals surface area contributed by atoms with Crippen molar-refractivity contribution in [1.82, 2.24) is 4.98 Å². The highest BCUT2D eigenvalue weighted by Gasteiger charge is 2.20. The van der Waals surface area contributed by atoms with Crippen LogP contribution in [-0.2, 0) is 12.8 Å². The number of nitrogens with zero attached hydrogens (tertiary/aromatic N) is 1. The van der Waals surface area contributed by atoms with Crippen molar-refractivity contribution in [3.05, 3.63) is 65.2 Å². The number of aromatic nitrogens is 1. The Bertz CT molecular complexity index is 595. The van der Waals surface area contributed by atoms with Gasteiger partial charge in [-0.05, 0) is 73.1 Å². The molecule has 0 spiro atoms. The normalized spacial score (nSPS) is 21.3. The Morgan fingerprint density at radius 1 is 0.913 bits per heavy atom. The van der Waals surface area contributed by atoms with Gasteiger partial charge in [-0.15, -0.1) is 0 Å². The lowest BCUT2D eigenvalue weighted by atomic mass is 9.78. The van der Waals surface area contributed by atoms with Gasteiger partial charge in [0.1, 0.15) is 0 Å². The van der Waals surface area contributed by atoms with Crippen LogP contribution in [0.3, 0.4) is 0 Å². The number of benzene rings is 1. The summed E-state index contributed by atoms with van der Waals surface area (Å²) in [5, 5.41) is 0. The van der Waals surface area contributed by atoms with Crippen molar-refractivity contribution in [2.45, 2.75) is 57.8 Å². The van der Waals surface area contributed by atoms with Crippen LogP contribution in [0.5, 0.6) is 0 Å². The van der Waals surface area contributed by atoms with Crippen molar-refractivity contribution in [1.29, 1.82) is 0 Å². The van der Waals surface area contributed by atoms with Crippen LogP contribution >= 0.6 is 0 Å². The van der Waals surface area contributed by atoms with E-state index < -0.39 is 5.95 Å². The second kappa shape index (κ2) is 7.72. The molecule has 3 rings (SSSR count). The zero-order chi connectivity index (χ0) is 16.1. The highest BCUT2D eigenvalue weighted by Crippen LogP contribution is 2.36. The molecule has 1 heterocycles. The van der Waals surface area contributed by atoms with Gasteiger partial charge in [0, 0.05) is 6.20 Å². The third-order valence-electron chi connectivity index (χ3n) is 5.37. The molecule has 1 aromatic heterocycles. The molecule has 1 nitrogen and oxygen atoms in total. The first-order valence-corrected chi connectivity index (χ1v) is 8.94. The topological polar surface area (TPSA) is 12.9 Å². The standard InChI is InChI=1S/C21H26FN/c1-2-16-5-10-19(11-6-16)20-12-7-17(8-13-20)3-4-18-9-14-21(22)23-15-18/h7-9,12-16,19H,2-6,10-11H2,1H3. The fraction of sp³-hybridized carbons (Fsp3) is 0.476. The molecular formula is C21H26FN. The second-order valence-electron chi connectivity index (χ2n) is 6.86. The SMILES string of the molecule is CCC1CCC(c2ccc(CCc3ccc(F)nc3)cc2)CC1. The third-order valence-corrected chi connectivity index (χ3v) is 5.37. The number of pyridine rings is 1. The van der Waals surface area contributed by atoms with E-state index in [9.17, 15) is 4.39 Å². The van der Waals surface area contributed by atoms with Crippen molar-refractivity contribution >= 4 is 0 Å². The Balaban J connectivity index is 1.54. The van der Waals surface area contributed by atoms with E-state index >= 15 is 0 Å². The van der Waals surface area contributed by atoms with E-state index in [0.29, 0.717) is 0 Å². The van der Waals surface area contributed by atoms with Crippen molar-refractivity contribution in [2.75, 3.05) is 0 Å². The van der Waals surface area contributed by atoms with E-state index in [-0.39, 0.29) is 0 Å². The van der Waals surface area contributed by atoms with E-state index in [2.05, 4.69) is 36.2 Å². The van der Waals surface area contributed by atoms with Gasteiger partial charge in [0.2, 0.25) is 5.95 Å². The number of hydrogen-bond acceptors (Lipinski definition) is 1. The van der Waals surface area contributed by atoms with Crippen LogP contribution < -0.4 is 0 Å². The van der Waals surface area contributed by atoms with E-state index in [0.717, 1.165) is 30.2 Å². The number of rotatable bonds is 5. The van der Waals surface area contributed by atoms with Crippen LogP contribution in [0.15, 0.2) is 42.6 Å². The molecule has 1 saturated carbocycles. The van der Waals surface area contributed by atoms with Crippen LogP contribution in [-0.4, -0.2) is 4.98 Å². The Morgan fingerprint density at radius 3 is 2.17 bits per heavy atom. The van der Waals surface area contributed by atoms with E-state index in [1.54, 1.807) is 6.20 Å². The fourth-order valence-corrected chi connectivity index (χ4v) is 3.70. The van der Waals surface area contributed by atoms with Gasteiger partial charge in [-0.3, -0.25) is 0 Å². The summed E-state index contributed by atoms with van der Waals surface area (Å²) in [6.07, 6.45) is 10.3. The van der Waals surface area contributed by atoms with Crippen LogP contribution in [0.25, 0.3) is 0 Å². The van der Waals surface area contributed by atoms with Gasteiger partial charge in [0.15, 0.2) is 0 Å². The summed E-state index contributed by atoms with van der Waals surface area (Å²) in [6, 6.07) is 12.4. The average Bonchev–Trinajstić information content (AvgIpc) is 2.62. The zero-order valence-corrected chi connectivity index (χ0v) is 14.0. The van der Waals surface area contributed by atoms with Crippen LogP contribution in [0, 0.1) is 11.9 Å². The molecule has 2 heteroatoms. The molecule has 0 bridgehead atoms. The van der Waals surface area contributed by atoms with Gasteiger partial charge in [-0.2, -0.15) is 4.39 Å². The third kappa shape index (κ3) is 4.40. The predicted molar refractivity (Wildman–Crippen MR) is 93.0 cm³/mol. The lowest BCUT2D eigenvalue weighted by Crippen LogP contribution is -2.12. The summed E-state index contributed by atoms with van der Waals surface area (Å²) in [5.74, 6) is 1.30. The monoisotopic (exact) mass is 311 g/mol. The van der Waals surface area contributed by atoms with Crippen LogP contribution in [0.4, 0.5) is 4.39 Å². The van der Waals surface area contributed by atoms with Crippen LogP contribution in [0.1, 0.15) is 61.6 Å². The maximum absolute atomic E-state index is 12.8. The lowest BCUT2D eigenvalue weighted by Gasteiger charge is -2.28. The first kappa shape index (κ1) is 16.2. The molecule has 0 atom stereocenters. The zero-order valence-electron chi connectivity index (χ0n) is 14.0. The second-order valence-corrected chi connectivity index (χ2v) is 6.86. The molecule has 1 aliphatic carbocycles. The molecule has 2 aromatic rings. The Hall–Kier alpha value is -1.70. The van der Waals surface area contributed by atoms with E-state index in [1.165, 1.54) is 49.3 Å². The molecule has 1 fully saturated rings. The molecule has 0 unspecified atom stereocenters. The minimum absolute atomic E-state index is 0.407. The van der Waals surface area contributed by atoms with Crippen molar-refractivity contribution in [2.24, 2.45) is 5.92 Å². The molecule has 0 N–H and O–H groups in total. The van der Waals surface area contributed by atoms with Gasteiger partial charge in [-0.25, -0.2) is 4.98 Å². The van der Waals surface area contributed by atoms with E-state index in [4.69, 9.17) is 0 Å². The summed E-state index contributed by atoms with van der Waals surface area (Å²) < 4.78 is 12.8.